The van der Waals surface area contributed by atoms with Crippen molar-refractivity contribution < 1.29 is 13.2 Å². The largest absolute Gasteiger partial charge is 0.334 e. The Morgan fingerprint density at radius 1 is 1.06 bits per heavy atom. The van der Waals surface area contributed by atoms with Gasteiger partial charge in [-0.05, 0) is 74.9 Å². The molecular formula is C22H27Cl2N3O3S. The third-order valence-corrected chi connectivity index (χ3v) is 7.18. The normalized spacial score (nSPS) is 13.5. The molecule has 2 aromatic carbocycles. The van der Waals surface area contributed by atoms with Crippen molar-refractivity contribution in [2.45, 2.75) is 19.4 Å². The molecule has 0 saturated carbocycles. The molecular weight excluding hydrogens is 457 g/mol. The van der Waals surface area contributed by atoms with E-state index in [2.05, 4.69) is 4.90 Å². The van der Waals surface area contributed by atoms with Gasteiger partial charge in [-0.1, -0.05) is 29.3 Å². The molecule has 31 heavy (non-hydrogen) atoms. The Bertz CT molecular complexity index is 1070. The third-order valence-electron chi connectivity index (χ3n) is 5.26. The molecule has 168 valence electrons. The fourth-order valence-electron chi connectivity index (χ4n) is 3.72. The number of fused-ring (bicyclic) bond motifs is 1. The van der Waals surface area contributed by atoms with E-state index < -0.39 is 10.0 Å². The van der Waals surface area contributed by atoms with Crippen LogP contribution in [0.1, 0.15) is 27.9 Å². The van der Waals surface area contributed by atoms with Crippen LogP contribution in [-0.4, -0.2) is 64.1 Å². The molecule has 0 radical (unpaired) electrons. The molecule has 0 spiro atoms. The number of carbonyl (C=O) groups excluding carboxylic acids is 1. The van der Waals surface area contributed by atoms with Crippen molar-refractivity contribution >= 4 is 44.8 Å². The van der Waals surface area contributed by atoms with Crippen LogP contribution < -0.4 is 4.31 Å². The van der Waals surface area contributed by atoms with Crippen molar-refractivity contribution in [3.63, 3.8) is 0 Å². The minimum absolute atomic E-state index is 0.0922. The number of hydrogen-bond donors (Lipinski definition) is 0. The van der Waals surface area contributed by atoms with Crippen LogP contribution in [0.25, 0.3) is 0 Å². The molecule has 0 atom stereocenters. The third kappa shape index (κ3) is 5.92. The summed E-state index contributed by atoms with van der Waals surface area (Å²) in [5.41, 5.74) is 2.98. The molecule has 0 bridgehead atoms. The number of halogens is 2. The van der Waals surface area contributed by atoms with Crippen LogP contribution in [-0.2, 0) is 23.0 Å². The second kappa shape index (κ2) is 9.77. The first-order valence-corrected chi connectivity index (χ1v) is 12.7. The van der Waals surface area contributed by atoms with Crippen molar-refractivity contribution in [1.82, 2.24) is 9.80 Å². The Morgan fingerprint density at radius 2 is 1.81 bits per heavy atom. The van der Waals surface area contributed by atoms with Crippen LogP contribution in [0.5, 0.6) is 0 Å². The second-order valence-electron chi connectivity index (χ2n) is 8.06. The smallest absolute Gasteiger partial charge is 0.254 e. The average Bonchev–Trinajstić information content (AvgIpc) is 3.13. The maximum absolute atomic E-state index is 13.4. The van der Waals surface area contributed by atoms with Crippen molar-refractivity contribution in [2.75, 3.05) is 44.3 Å². The van der Waals surface area contributed by atoms with Crippen LogP contribution in [0.4, 0.5) is 5.69 Å². The van der Waals surface area contributed by atoms with Gasteiger partial charge in [0.1, 0.15) is 0 Å². The molecule has 1 aliphatic heterocycles. The van der Waals surface area contributed by atoms with Crippen LogP contribution in [0.15, 0.2) is 36.4 Å². The van der Waals surface area contributed by atoms with Gasteiger partial charge < -0.3 is 9.80 Å². The van der Waals surface area contributed by atoms with E-state index in [9.17, 15) is 13.2 Å². The van der Waals surface area contributed by atoms with Gasteiger partial charge in [0.2, 0.25) is 10.0 Å². The molecule has 1 aliphatic rings. The summed E-state index contributed by atoms with van der Waals surface area (Å²) in [6.45, 7) is 2.26. The molecule has 2 aromatic rings. The zero-order valence-corrected chi connectivity index (χ0v) is 20.3. The quantitative estimate of drug-likeness (QED) is 0.570. The number of rotatable bonds is 8. The lowest BCUT2D eigenvalue weighted by Gasteiger charge is -2.24. The van der Waals surface area contributed by atoms with Gasteiger partial charge in [-0.15, -0.1) is 0 Å². The molecule has 0 aromatic heterocycles. The van der Waals surface area contributed by atoms with Gasteiger partial charge in [0.25, 0.3) is 5.91 Å². The molecule has 1 heterocycles. The average molecular weight is 484 g/mol. The van der Waals surface area contributed by atoms with Crippen molar-refractivity contribution in [1.29, 1.82) is 0 Å². The topological polar surface area (TPSA) is 60.9 Å². The summed E-state index contributed by atoms with van der Waals surface area (Å²) >= 11 is 12.2. The number of sulfonamides is 1. The van der Waals surface area contributed by atoms with Crippen LogP contribution in [0.2, 0.25) is 10.0 Å². The Kier molecular flexibility index (Phi) is 7.52. The first-order chi connectivity index (χ1) is 14.6. The highest BCUT2D eigenvalue weighted by Crippen LogP contribution is 2.31. The fourth-order valence-corrected chi connectivity index (χ4v) is 5.00. The van der Waals surface area contributed by atoms with Crippen molar-refractivity contribution in [3.05, 3.63) is 63.1 Å². The summed E-state index contributed by atoms with van der Waals surface area (Å²) in [6, 6.07) is 10.6. The summed E-state index contributed by atoms with van der Waals surface area (Å²) in [4.78, 5) is 17.3. The first-order valence-electron chi connectivity index (χ1n) is 10.0. The van der Waals surface area contributed by atoms with E-state index in [0.717, 1.165) is 24.1 Å². The maximum atomic E-state index is 13.4. The van der Waals surface area contributed by atoms with E-state index in [1.807, 2.05) is 26.2 Å². The minimum atomic E-state index is -3.32. The van der Waals surface area contributed by atoms with Gasteiger partial charge in [-0.25, -0.2) is 8.42 Å². The zero-order chi connectivity index (χ0) is 22.8. The summed E-state index contributed by atoms with van der Waals surface area (Å²) < 4.78 is 25.3. The highest BCUT2D eigenvalue weighted by molar-refractivity contribution is 7.92. The Labute approximate surface area is 194 Å². The Morgan fingerprint density at radius 3 is 2.45 bits per heavy atom. The van der Waals surface area contributed by atoms with Gasteiger partial charge in [0.15, 0.2) is 0 Å². The number of nitrogens with zero attached hydrogens (tertiary/aromatic N) is 3. The van der Waals surface area contributed by atoms with Crippen molar-refractivity contribution in [2.24, 2.45) is 0 Å². The summed E-state index contributed by atoms with van der Waals surface area (Å²) in [5.74, 6) is -0.0922. The van der Waals surface area contributed by atoms with Crippen LogP contribution >= 0.6 is 23.2 Å². The monoisotopic (exact) mass is 483 g/mol. The van der Waals surface area contributed by atoms with Gasteiger partial charge in [-0.2, -0.15) is 0 Å². The lowest BCUT2D eigenvalue weighted by molar-refractivity contribution is 0.0737. The summed E-state index contributed by atoms with van der Waals surface area (Å²) in [5, 5.41) is 0.934. The molecule has 0 aliphatic carbocycles. The minimum Gasteiger partial charge on any atom is -0.334 e. The van der Waals surface area contributed by atoms with Crippen molar-refractivity contribution in [3.8, 4) is 0 Å². The molecule has 3 rings (SSSR count). The Balaban J connectivity index is 1.84. The fraction of sp³-hybridized carbons (Fsp3) is 0.409. The number of carbonyl (C=O) groups is 1. The zero-order valence-electron chi connectivity index (χ0n) is 17.9. The Hall–Kier alpha value is -1.80. The van der Waals surface area contributed by atoms with E-state index in [1.165, 1.54) is 10.6 Å². The highest BCUT2D eigenvalue weighted by Gasteiger charge is 2.27. The van der Waals surface area contributed by atoms with Crippen LogP contribution in [0.3, 0.4) is 0 Å². The molecule has 1 amide bonds. The lowest BCUT2D eigenvalue weighted by Crippen LogP contribution is -2.33. The number of hydrogen-bond acceptors (Lipinski definition) is 4. The standard InChI is InChI=1S/C22H27Cl2N3O3S/c1-25(2)10-4-11-26(15-16-5-7-19(23)20(24)13-16)22(28)18-6-8-21-17(14-18)9-12-27(21)31(3,29)30/h5-8,13-14H,4,9-12,15H2,1-3H3. The van der Waals surface area contributed by atoms with E-state index >= 15 is 0 Å². The highest BCUT2D eigenvalue weighted by atomic mass is 35.5. The first kappa shape index (κ1) is 23.9. The van der Waals surface area contributed by atoms with Gasteiger partial charge in [0.05, 0.1) is 22.0 Å². The SMILES string of the molecule is CN(C)CCCN(Cc1ccc(Cl)c(Cl)c1)C(=O)c1ccc2c(c1)CCN2S(C)(=O)=O. The lowest BCUT2D eigenvalue weighted by atomic mass is 10.1. The molecule has 0 N–H and O–H groups in total. The molecule has 6 nitrogen and oxygen atoms in total. The molecule has 0 fully saturated rings. The number of benzene rings is 2. The van der Waals surface area contributed by atoms with E-state index in [-0.39, 0.29) is 5.91 Å². The maximum Gasteiger partial charge on any atom is 0.254 e. The molecule has 0 saturated heterocycles. The predicted octanol–water partition coefficient (Wildman–Crippen LogP) is 3.91. The summed E-state index contributed by atoms with van der Waals surface area (Å²) in [7, 11) is 0.675. The van der Waals surface area contributed by atoms with Gasteiger partial charge in [-0.3, -0.25) is 9.10 Å². The number of anilines is 1. The predicted molar refractivity (Wildman–Crippen MR) is 127 cm³/mol. The van der Waals surface area contributed by atoms with Gasteiger partial charge in [0, 0.05) is 25.2 Å². The second-order valence-corrected chi connectivity index (χ2v) is 10.8. The van der Waals surface area contributed by atoms with Gasteiger partial charge >= 0.3 is 0 Å². The summed E-state index contributed by atoms with van der Waals surface area (Å²) in [6.07, 6.45) is 2.62. The molecule has 9 heteroatoms. The number of amides is 1. The van der Waals surface area contributed by atoms with E-state index in [1.54, 1.807) is 29.2 Å². The molecule has 0 unspecified atom stereocenters. The van der Waals surface area contributed by atoms with E-state index in [0.29, 0.717) is 47.4 Å². The van der Waals surface area contributed by atoms with Crippen LogP contribution in [0, 0.1) is 0 Å². The van der Waals surface area contributed by atoms with E-state index in [4.69, 9.17) is 23.2 Å².